The van der Waals surface area contributed by atoms with Crippen molar-refractivity contribution >= 4 is 11.8 Å². The predicted molar refractivity (Wildman–Crippen MR) is 77.2 cm³/mol. The summed E-state index contributed by atoms with van der Waals surface area (Å²) in [5, 5.41) is 0. The molecule has 0 amide bonds. The molecule has 0 saturated heterocycles. The zero-order valence-corrected chi connectivity index (χ0v) is 12.4. The Morgan fingerprint density at radius 1 is 1.25 bits per heavy atom. The second-order valence-corrected chi connectivity index (χ2v) is 5.62. The molecule has 2 atom stereocenters. The van der Waals surface area contributed by atoms with Gasteiger partial charge in [-0.2, -0.15) is 11.8 Å². The summed E-state index contributed by atoms with van der Waals surface area (Å²) >= 11 is 1.92. The molecule has 0 spiro atoms. The van der Waals surface area contributed by atoms with E-state index >= 15 is 0 Å². The Bertz CT molecular complexity index is 153. The fourth-order valence-electron chi connectivity index (χ4n) is 2.01. The maximum atomic E-state index is 5.87. The predicted octanol–water partition coefficient (Wildman–Crippen LogP) is 2.97. The van der Waals surface area contributed by atoms with Crippen LogP contribution in [0.4, 0.5) is 0 Å². The summed E-state index contributed by atoms with van der Waals surface area (Å²) < 4.78 is 0. The maximum Gasteiger partial charge on any atom is 0.0218 e. The first kappa shape index (κ1) is 16.3. The lowest BCUT2D eigenvalue weighted by Crippen LogP contribution is -2.44. The third-order valence-corrected chi connectivity index (χ3v) is 4.16. The SMILES string of the molecule is CCCCCCC(CN)N(C)C(C)CSC. The van der Waals surface area contributed by atoms with Crippen LogP contribution in [0.3, 0.4) is 0 Å². The number of rotatable bonds is 10. The maximum absolute atomic E-state index is 5.87. The van der Waals surface area contributed by atoms with Crippen LogP contribution in [-0.4, -0.2) is 42.6 Å². The first-order chi connectivity index (χ1) is 7.67. The second kappa shape index (κ2) is 10.4. The number of thioether (sulfide) groups is 1. The summed E-state index contributed by atoms with van der Waals surface area (Å²) in [5.41, 5.74) is 5.87. The van der Waals surface area contributed by atoms with Crippen LogP contribution in [0.1, 0.15) is 46.0 Å². The Morgan fingerprint density at radius 2 is 1.94 bits per heavy atom. The number of hydrogen-bond acceptors (Lipinski definition) is 3. The van der Waals surface area contributed by atoms with Gasteiger partial charge in [-0.05, 0) is 26.6 Å². The zero-order valence-electron chi connectivity index (χ0n) is 11.5. The van der Waals surface area contributed by atoms with E-state index in [-0.39, 0.29) is 0 Å². The number of likely N-dealkylation sites (N-methyl/N-ethyl adjacent to an activating group) is 1. The van der Waals surface area contributed by atoms with Crippen molar-refractivity contribution in [3.8, 4) is 0 Å². The molecule has 98 valence electrons. The lowest BCUT2D eigenvalue weighted by Gasteiger charge is -2.32. The molecule has 0 aromatic rings. The zero-order chi connectivity index (χ0) is 12.4. The number of unbranched alkanes of at least 4 members (excludes halogenated alkanes) is 3. The highest BCUT2D eigenvalue weighted by Crippen LogP contribution is 2.13. The van der Waals surface area contributed by atoms with Crippen molar-refractivity contribution in [2.45, 2.75) is 58.0 Å². The molecule has 2 unspecified atom stereocenters. The van der Waals surface area contributed by atoms with Crippen LogP contribution in [0.5, 0.6) is 0 Å². The van der Waals surface area contributed by atoms with Gasteiger partial charge in [-0.25, -0.2) is 0 Å². The van der Waals surface area contributed by atoms with Crippen molar-refractivity contribution in [2.24, 2.45) is 5.73 Å². The average Bonchev–Trinajstić information content (AvgIpc) is 2.29. The van der Waals surface area contributed by atoms with E-state index < -0.39 is 0 Å². The minimum Gasteiger partial charge on any atom is -0.329 e. The fraction of sp³-hybridized carbons (Fsp3) is 1.00. The summed E-state index contributed by atoms with van der Waals surface area (Å²) in [7, 11) is 2.22. The van der Waals surface area contributed by atoms with E-state index in [1.807, 2.05) is 11.8 Å². The van der Waals surface area contributed by atoms with Gasteiger partial charge in [0.1, 0.15) is 0 Å². The summed E-state index contributed by atoms with van der Waals surface area (Å²) in [6.07, 6.45) is 8.78. The molecule has 3 heteroatoms. The van der Waals surface area contributed by atoms with Crippen LogP contribution in [0.2, 0.25) is 0 Å². The molecule has 16 heavy (non-hydrogen) atoms. The van der Waals surface area contributed by atoms with E-state index in [0.717, 1.165) is 6.54 Å². The fourth-order valence-corrected chi connectivity index (χ4v) is 2.73. The van der Waals surface area contributed by atoms with E-state index in [1.54, 1.807) is 0 Å². The van der Waals surface area contributed by atoms with Crippen molar-refractivity contribution in [2.75, 3.05) is 25.6 Å². The van der Waals surface area contributed by atoms with Crippen LogP contribution >= 0.6 is 11.8 Å². The van der Waals surface area contributed by atoms with Gasteiger partial charge in [0.2, 0.25) is 0 Å². The second-order valence-electron chi connectivity index (χ2n) is 4.71. The Balaban J connectivity index is 3.86. The standard InChI is InChI=1S/C13H30N2S/c1-5-6-7-8-9-13(10-14)15(3)12(2)11-16-4/h12-13H,5-11,14H2,1-4H3. The third kappa shape index (κ3) is 6.77. The van der Waals surface area contributed by atoms with E-state index in [4.69, 9.17) is 5.73 Å². The van der Waals surface area contributed by atoms with E-state index in [0.29, 0.717) is 12.1 Å². The Morgan fingerprint density at radius 3 is 2.44 bits per heavy atom. The molecule has 2 N–H and O–H groups in total. The molecule has 0 rings (SSSR count). The molecule has 2 nitrogen and oxygen atoms in total. The van der Waals surface area contributed by atoms with Crippen molar-refractivity contribution < 1.29 is 0 Å². The molecular formula is C13H30N2S. The minimum absolute atomic E-state index is 0.569. The number of nitrogens with zero attached hydrogens (tertiary/aromatic N) is 1. The summed E-state index contributed by atoms with van der Waals surface area (Å²) in [6.45, 7) is 5.35. The third-order valence-electron chi connectivity index (χ3n) is 3.34. The quantitative estimate of drug-likeness (QED) is 0.601. The highest BCUT2D eigenvalue weighted by molar-refractivity contribution is 7.98. The van der Waals surface area contributed by atoms with Crippen LogP contribution in [0, 0.1) is 0 Å². The van der Waals surface area contributed by atoms with E-state index in [1.165, 1.54) is 37.9 Å². The highest BCUT2D eigenvalue weighted by Gasteiger charge is 2.17. The molecule has 0 saturated carbocycles. The highest BCUT2D eigenvalue weighted by atomic mass is 32.2. The van der Waals surface area contributed by atoms with Gasteiger partial charge in [-0.1, -0.05) is 32.6 Å². The largest absolute Gasteiger partial charge is 0.329 e. The van der Waals surface area contributed by atoms with Gasteiger partial charge >= 0.3 is 0 Å². The van der Waals surface area contributed by atoms with Crippen LogP contribution in [0.25, 0.3) is 0 Å². The van der Waals surface area contributed by atoms with Crippen LogP contribution in [0.15, 0.2) is 0 Å². The summed E-state index contributed by atoms with van der Waals surface area (Å²) in [4.78, 5) is 2.46. The molecule has 0 aromatic heterocycles. The average molecular weight is 246 g/mol. The lowest BCUT2D eigenvalue weighted by atomic mass is 10.1. The topological polar surface area (TPSA) is 29.3 Å². The van der Waals surface area contributed by atoms with Gasteiger partial charge in [0.25, 0.3) is 0 Å². The molecule has 0 radical (unpaired) electrons. The van der Waals surface area contributed by atoms with Crippen molar-refractivity contribution in [3.63, 3.8) is 0 Å². The first-order valence-corrected chi connectivity index (χ1v) is 7.97. The Hall–Kier alpha value is 0.270. The van der Waals surface area contributed by atoms with E-state index in [2.05, 4.69) is 32.1 Å². The van der Waals surface area contributed by atoms with Gasteiger partial charge < -0.3 is 5.73 Å². The van der Waals surface area contributed by atoms with Crippen molar-refractivity contribution in [1.29, 1.82) is 0 Å². The van der Waals surface area contributed by atoms with Crippen LogP contribution < -0.4 is 5.73 Å². The van der Waals surface area contributed by atoms with Gasteiger partial charge in [0.15, 0.2) is 0 Å². The minimum atomic E-state index is 0.569. The monoisotopic (exact) mass is 246 g/mol. The first-order valence-electron chi connectivity index (χ1n) is 6.58. The van der Waals surface area contributed by atoms with Crippen LogP contribution in [-0.2, 0) is 0 Å². The summed E-state index contributed by atoms with van der Waals surface area (Å²) in [5.74, 6) is 1.20. The Kier molecular flexibility index (Phi) is 10.6. The molecule has 0 bridgehead atoms. The number of hydrogen-bond donors (Lipinski definition) is 1. The molecule has 0 aliphatic rings. The Labute approximate surface area is 106 Å². The molecular weight excluding hydrogens is 216 g/mol. The molecule has 0 aromatic carbocycles. The van der Waals surface area contributed by atoms with Crippen molar-refractivity contribution in [1.82, 2.24) is 4.90 Å². The normalized spacial score (nSPS) is 15.4. The van der Waals surface area contributed by atoms with E-state index in [9.17, 15) is 0 Å². The van der Waals surface area contributed by atoms with Gasteiger partial charge in [-0.15, -0.1) is 0 Å². The van der Waals surface area contributed by atoms with Crippen molar-refractivity contribution in [3.05, 3.63) is 0 Å². The smallest absolute Gasteiger partial charge is 0.0218 e. The molecule has 0 aliphatic heterocycles. The lowest BCUT2D eigenvalue weighted by molar-refractivity contribution is 0.189. The summed E-state index contributed by atoms with van der Waals surface area (Å²) in [6, 6.07) is 1.20. The van der Waals surface area contributed by atoms with Gasteiger partial charge in [-0.3, -0.25) is 4.90 Å². The molecule has 0 fully saturated rings. The molecule has 0 heterocycles. The van der Waals surface area contributed by atoms with Gasteiger partial charge in [0.05, 0.1) is 0 Å². The number of nitrogens with two attached hydrogens (primary N) is 1. The molecule has 0 aliphatic carbocycles. The van der Waals surface area contributed by atoms with Gasteiger partial charge in [0, 0.05) is 24.4 Å².